The monoisotopic (exact) mass is 398 g/mol. The number of piperidine rings is 1. The first-order valence-corrected chi connectivity index (χ1v) is 9.90. The molecule has 1 fully saturated rings. The fourth-order valence-corrected chi connectivity index (χ4v) is 3.99. The highest BCUT2D eigenvalue weighted by atomic mass is 16.5. The van der Waals surface area contributed by atoms with Gasteiger partial charge in [-0.25, -0.2) is 0 Å². The Balaban J connectivity index is 1.99. The van der Waals surface area contributed by atoms with Crippen molar-refractivity contribution in [3.8, 4) is 11.5 Å². The van der Waals surface area contributed by atoms with Crippen molar-refractivity contribution in [1.82, 2.24) is 4.90 Å². The molecule has 156 valence electrons. The lowest BCUT2D eigenvalue weighted by molar-refractivity contribution is -0.143. The number of carboxylic acids is 1. The molecule has 1 N–H and O–H groups in total. The summed E-state index contributed by atoms with van der Waals surface area (Å²) in [6, 6.07) is 14.4. The van der Waals surface area contributed by atoms with Gasteiger partial charge >= 0.3 is 5.97 Å². The molecule has 1 aliphatic heterocycles. The van der Waals surface area contributed by atoms with Gasteiger partial charge in [-0.15, -0.1) is 0 Å². The second-order valence-electron chi connectivity index (χ2n) is 7.64. The first-order valence-electron chi connectivity index (χ1n) is 9.90. The Labute approximate surface area is 172 Å². The summed E-state index contributed by atoms with van der Waals surface area (Å²) < 4.78 is 11.1. The van der Waals surface area contributed by atoms with Crippen LogP contribution in [0.5, 0.6) is 11.5 Å². The van der Waals surface area contributed by atoms with Gasteiger partial charge in [-0.05, 0) is 55.8 Å². The minimum absolute atomic E-state index is 0.0122. The number of carbonyl (C=O) groups is 1. The Hall–Kier alpha value is -2.73. The van der Waals surface area contributed by atoms with Gasteiger partial charge in [0.2, 0.25) is 0 Å². The second-order valence-corrected chi connectivity index (χ2v) is 7.64. The number of likely N-dealkylation sites (tertiary alicyclic amines) is 1. The standard InChI is InChI=1S/C23H30N2O4/c1-24(2)18-7-5-16(6-8-18)22(25-13-11-17(12-14-25)23(26)27)20-10-9-19(28-3)15-21(20)29-4/h5-10,15,17,22H,11-14H2,1-4H3,(H,26,27). The molecule has 0 saturated carbocycles. The van der Waals surface area contributed by atoms with Crippen LogP contribution in [0.2, 0.25) is 0 Å². The number of ether oxygens (including phenoxy) is 2. The fraction of sp³-hybridized carbons (Fsp3) is 0.435. The maximum atomic E-state index is 11.4. The normalized spacial score (nSPS) is 16.3. The van der Waals surface area contributed by atoms with Crippen LogP contribution in [0.4, 0.5) is 5.69 Å². The second kappa shape index (κ2) is 9.18. The topological polar surface area (TPSA) is 62.2 Å². The lowest BCUT2D eigenvalue weighted by atomic mass is 9.90. The predicted molar refractivity (Wildman–Crippen MR) is 114 cm³/mol. The maximum Gasteiger partial charge on any atom is 0.306 e. The molecule has 1 atom stereocenters. The lowest BCUT2D eigenvalue weighted by Gasteiger charge is -2.37. The SMILES string of the molecule is COc1ccc(C(c2ccc(N(C)C)cc2)N2CCC(C(=O)O)CC2)c(OC)c1. The zero-order chi connectivity index (χ0) is 21.0. The molecule has 2 aromatic rings. The third kappa shape index (κ3) is 4.65. The van der Waals surface area contributed by atoms with Crippen molar-refractivity contribution in [3.63, 3.8) is 0 Å². The first kappa shape index (κ1) is 21.0. The van der Waals surface area contributed by atoms with Crippen LogP contribution < -0.4 is 14.4 Å². The van der Waals surface area contributed by atoms with Gasteiger partial charge in [-0.2, -0.15) is 0 Å². The molecule has 0 radical (unpaired) electrons. The van der Waals surface area contributed by atoms with Crippen LogP contribution in [0.1, 0.15) is 30.0 Å². The van der Waals surface area contributed by atoms with Gasteiger partial charge in [-0.1, -0.05) is 12.1 Å². The van der Waals surface area contributed by atoms with Gasteiger partial charge in [0.05, 0.1) is 26.2 Å². The quantitative estimate of drug-likeness (QED) is 0.768. The zero-order valence-corrected chi connectivity index (χ0v) is 17.6. The Morgan fingerprint density at radius 3 is 2.24 bits per heavy atom. The van der Waals surface area contributed by atoms with Crippen LogP contribution in [0.25, 0.3) is 0 Å². The van der Waals surface area contributed by atoms with Crippen LogP contribution in [0.3, 0.4) is 0 Å². The van der Waals surface area contributed by atoms with Crippen LogP contribution >= 0.6 is 0 Å². The summed E-state index contributed by atoms with van der Waals surface area (Å²) in [4.78, 5) is 15.8. The van der Waals surface area contributed by atoms with E-state index >= 15 is 0 Å². The van der Waals surface area contributed by atoms with E-state index in [9.17, 15) is 9.90 Å². The Kier molecular flexibility index (Phi) is 6.64. The van der Waals surface area contributed by atoms with Gasteiger partial charge in [-0.3, -0.25) is 9.69 Å². The minimum Gasteiger partial charge on any atom is -0.497 e. The Morgan fingerprint density at radius 1 is 1.07 bits per heavy atom. The summed E-state index contributed by atoms with van der Waals surface area (Å²) in [5.41, 5.74) is 3.35. The summed E-state index contributed by atoms with van der Waals surface area (Å²) in [6.07, 6.45) is 1.31. The molecule has 29 heavy (non-hydrogen) atoms. The third-order valence-electron chi connectivity index (χ3n) is 5.70. The van der Waals surface area contributed by atoms with Crippen LogP contribution in [-0.4, -0.2) is 57.4 Å². The summed E-state index contributed by atoms with van der Waals surface area (Å²) in [5, 5.41) is 9.36. The number of aliphatic carboxylic acids is 1. The third-order valence-corrected chi connectivity index (χ3v) is 5.70. The van der Waals surface area contributed by atoms with E-state index in [4.69, 9.17) is 9.47 Å². The largest absolute Gasteiger partial charge is 0.497 e. The molecule has 6 heteroatoms. The molecular formula is C23H30N2O4. The number of nitrogens with zero attached hydrogens (tertiary/aromatic N) is 2. The van der Waals surface area contributed by atoms with E-state index in [1.807, 2.05) is 32.3 Å². The molecule has 1 unspecified atom stereocenters. The molecule has 2 aromatic carbocycles. The van der Waals surface area contributed by atoms with Crippen molar-refractivity contribution in [2.75, 3.05) is 46.3 Å². The van der Waals surface area contributed by atoms with Crippen LogP contribution in [-0.2, 0) is 4.79 Å². The summed E-state index contributed by atoms with van der Waals surface area (Å²) in [5.74, 6) is 0.558. The van der Waals surface area contributed by atoms with E-state index < -0.39 is 5.97 Å². The molecule has 6 nitrogen and oxygen atoms in total. The highest BCUT2D eigenvalue weighted by Crippen LogP contribution is 2.39. The van der Waals surface area contributed by atoms with Gasteiger partial charge in [0.1, 0.15) is 11.5 Å². The van der Waals surface area contributed by atoms with Crippen molar-refractivity contribution in [1.29, 1.82) is 0 Å². The molecule has 1 heterocycles. The highest BCUT2D eigenvalue weighted by Gasteiger charge is 2.31. The average molecular weight is 399 g/mol. The number of hydrogen-bond acceptors (Lipinski definition) is 5. The van der Waals surface area contributed by atoms with E-state index in [2.05, 4.69) is 34.1 Å². The van der Waals surface area contributed by atoms with Crippen molar-refractivity contribution in [3.05, 3.63) is 53.6 Å². The smallest absolute Gasteiger partial charge is 0.306 e. The zero-order valence-electron chi connectivity index (χ0n) is 17.6. The number of anilines is 1. The van der Waals surface area contributed by atoms with Gasteiger partial charge in [0.15, 0.2) is 0 Å². The van der Waals surface area contributed by atoms with Gasteiger partial charge < -0.3 is 19.5 Å². The lowest BCUT2D eigenvalue weighted by Crippen LogP contribution is -2.39. The van der Waals surface area contributed by atoms with Crippen molar-refractivity contribution < 1.29 is 19.4 Å². The fourth-order valence-electron chi connectivity index (χ4n) is 3.99. The molecule has 0 aliphatic carbocycles. The van der Waals surface area contributed by atoms with Crippen molar-refractivity contribution >= 4 is 11.7 Å². The molecule has 1 aliphatic rings. The van der Waals surface area contributed by atoms with E-state index in [1.165, 1.54) is 0 Å². The highest BCUT2D eigenvalue weighted by molar-refractivity contribution is 5.70. The molecular weight excluding hydrogens is 368 g/mol. The molecule has 1 saturated heterocycles. The van der Waals surface area contributed by atoms with E-state index in [0.717, 1.165) is 41.4 Å². The first-order chi connectivity index (χ1) is 13.9. The Bertz CT molecular complexity index is 827. The van der Waals surface area contributed by atoms with E-state index in [1.54, 1.807) is 14.2 Å². The van der Waals surface area contributed by atoms with Crippen LogP contribution in [0.15, 0.2) is 42.5 Å². The number of rotatable bonds is 7. The summed E-state index contributed by atoms with van der Waals surface area (Å²) in [6.45, 7) is 1.46. The summed E-state index contributed by atoms with van der Waals surface area (Å²) in [7, 11) is 7.36. The average Bonchev–Trinajstić information content (AvgIpc) is 2.74. The minimum atomic E-state index is -0.696. The van der Waals surface area contributed by atoms with Crippen molar-refractivity contribution in [2.45, 2.75) is 18.9 Å². The molecule has 0 bridgehead atoms. The van der Waals surface area contributed by atoms with Crippen molar-refractivity contribution in [2.24, 2.45) is 5.92 Å². The maximum absolute atomic E-state index is 11.4. The molecule has 0 amide bonds. The molecule has 0 aromatic heterocycles. The van der Waals surface area contributed by atoms with E-state index in [-0.39, 0.29) is 12.0 Å². The number of benzene rings is 2. The van der Waals surface area contributed by atoms with E-state index in [0.29, 0.717) is 12.8 Å². The number of carboxylic acid groups (broad SMARTS) is 1. The van der Waals surface area contributed by atoms with Crippen LogP contribution in [0, 0.1) is 5.92 Å². The number of methoxy groups -OCH3 is 2. The predicted octanol–water partition coefficient (Wildman–Crippen LogP) is 3.66. The molecule has 3 rings (SSSR count). The molecule has 0 spiro atoms. The van der Waals surface area contributed by atoms with Gasteiger partial charge in [0, 0.05) is 31.4 Å². The van der Waals surface area contributed by atoms with Gasteiger partial charge in [0.25, 0.3) is 0 Å². The Morgan fingerprint density at radius 2 is 1.72 bits per heavy atom. The summed E-state index contributed by atoms with van der Waals surface area (Å²) >= 11 is 0. The number of hydrogen-bond donors (Lipinski definition) is 1.